The number of hydrogen-bond acceptors (Lipinski definition) is 5. The molecule has 0 N–H and O–H groups in total. The van der Waals surface area contributed by atoms with E-state index >= 15 is 0 Å². The molecule has 5 rings (SSSR count). The first-order valence-electron chi connectivity index (χ1n) is 8.17. The van der Waals surface area contributed by atoms with Crippen molar-refractivity contribution >= 4 is 33.7 Å². The van der Waals surface area contributed by atoms with Gasteiger partial charge >= 0.3 is 0 Å². The molecule has 1 aromatic carbocycles. The van der Waals surface area contributed by atoms with Gasteiger partial charge in [0.15, 0.2) is 17.1 Å². The van der Waals surface area contributed by atoms with Crippen molar-refractivity contribution in [2.75, 3.05) is 6.61 Å². The van der Waals surface area contributed by atoms with E-state index in [1.54, 1.807) is 11.3 Å². The van der Waals surface area contributed by atoms with E-state index in [9.17, 15) is 0 Å². The first-order valence-corrected chi connectivity index (χ1v) is 9.05. The van der Waals surface area contributed by atoms with E-state index in [1.165, 1.54) is 0 Å². The van der Waals surface area contributed by atoms with Crippen LogP contribution in [0.3, 0.4) is 0 Å². The number of thiophene rings is 1. The maximum absolute atomic E-state index is 5.84. The minimum Gasteiger partial charge on any atom is -0.376 e. The fraction of sp³-hybridized carbons (Fsp3) is 0.278. The van der Waals surface area contributed by atoms with Gasteiger partial charge in [-0.15, -0.1) is 11.3 Å². The molecule has 6 heteroatoms. The molecule has 0 saturated carbocycles. The summed E-state index contributed by atoms with van der Waals surface area (Å²) in [6.45, 7) is 1.62. The van der Waals surface area contributed by atoms with Gasteiger partial charge in [0.1, 0.15) is 0 Å². The molecule has 120 valence electrons. The minimum absolute atomic E-state index is 0.231. The number of imidazole rings is 1. The lowest BCUT2D eigenvalue weighted by Gasteiger charge is -2.13. The summed E-state index contributed by atoms with van der Waals surface area (Å²) in [6, 6.07) is 12.1. The zero-order valence-corrected chi connectivity index (χ0v) is 13.9. The van der Waals surface area contributed by atoms with Crippen molar-refractivity contribution in [3.05, 3.63) is 41.8 Å². The highest BCUT2D eigenvalue weighted by Crippen LogP contribution is 2.29. The quantitative estimate of drug-likeness (QED) is 0.569. The summed E-state index contributed by atoms with van der Waals surface area (Å²) in [7, 11) is 0. The smallest absolute Gasteiger partial charge is 0.198 e. The summed E-state index contributed by atoms with van der Waals surface area (Å²) >= 11 is 1.69. The molecule has 0 radical (unpaired) electrons. The fourth-order valence-corrected chi connectivity index (χ4v) is 3.98. The largest absolute Gasteiger partial charge is 0.376 e. The van der Waals surface area contributed by atoms with Crippen LogP contribution in [0.2, 0.25) is 0 Å². The van der Waals surface area contributed by atoms with Crippen molar-refractivity contribution in [3.8, 4) is 10.7 Å². The summed E-state index contributed by atoms with van der Waals surface area (Å²) in [6.07, 6.45) is 2.44. The summed E-state index contributed by atoms with van der Waals surface area (Å²) in [5.74, 6) is 0.936. The van der Waals surface area contributed by atoms with E-state index in [-0.39, 0.29) is 6.10 Å². The number of nitrogens with zero attached hydrogens (tertiary/aromatic N) is 4. The van der Waals surface area contributed by atoms with Crippen molar-refractivity contribution in [3.63, 3.8) is 0 Å². The van der Waals surface area contributed by atoms with Gasteiger partial charge in [-0.05, 0) is 36.4 Å². The van der Waals surface area contributed by atoms with E-state index in [0.29, 0.717) is 5.65 Å². The third kappa shape index (κ3) is 2.30. The zero-order chi connectivity index (χ0) is 15.9. The van der Waals surface area contributed by atoms with Gasteiger partial charge in [0.25, 0.3) is 0 Å². The third-order valence-electron chi connectivity index (χ3n) is 4.41. The Morgan fingerprint density at radius 1 is 1.08 bits per heavy atom. The van der Waals surface area contributed by atoms with Gasteiger partial charge < -0.3 is 9.30 Å². The molecule has 0 spiro atoms. The predicted molar refractivity (Wildman–Crippen MR) is 95.1 cm³/mol. The van der Waals surface area contributed by atoms with Crippen molar-refractivity contribution in [1.29, 1.82) is 0 Å². The molecular weight excluding hydrogens is 320 g/mol. The number of fused-ring (bicyclic) bond motifs is 2. The van der Waals surface area contributed by atoms with E-state index in [2.05, 4.69) is 16.0 Å². The molecule has 1 atom stereocenters. The van der Waals surface area contributed by atoms with Crippen LogP contribution in [0.4, 0.5) is 0 Å². The number of hydrogen-bond donors (Lipinski definition) is 0. The van der Waals surface area contributed by atoms with Gasteiger partial charge in [-0.3, -0.25) is 0 Å². The first kappa shape index (κ1) is 14.1. The molecule has 1 fully saturated rings. The summed E-state index contributed by atoms with van der Waals surface area (Å²) < 4.78 is 8.02. The average molecular weight is 336 g/mol. The molecule has 3 aromatic heterocycles. The van der Waals surface area contributed by atoms with Crippen molar-refractivity contribution in [1.82, 2.24) is 19.5 Å². The van der Waals surface area contributed by atoms with Gasteiger partial charge in [0.05, 0.1) is 28.6 Å². The van der Waals surface area contributed by atoms with E-state index in [1.807, 2.05) is 30.3 Å². The standard InChI is InChI=1S/C18H16N4OS/c1-2-7-14-13(6-1)19-16-18(20-14)22(11-12-5-3-9-23-12)17(21-16)15-8-4-10-24-15/h1-2,4,6-8,10,12H,3,5,9,11H2/t12-/m0/s1. The maximum Gasteiger partial charge on any atom is 0.198 e. The molecule has 1 aliphatic heterocycles. The number of para-hydroxylation sites is 2. The normalized spacial score (nSPS) is 17.9. The van der Waals surface area contributed by atoms with Crippen LogP contribution < -0.4 is 0 Å². The second-order valence-corrected chi connectivity index (χ2v) is 6.97. The predicted octanol–water partition coefficient (Wildman–Crippen LogP) is 3.89. The molecule has 0 bridgehead atoms. The lowest BCUT2D eigenvalue weighted by Crippen LogP contribution is -2.16. The molecule has 4 aromatic rings. The van der Waals surface area contributed by atoms with E-state index in [4.69, 9.17) is 19.7 Å². The number of benzene rings is 1. The van der Waals surface area contributed by atoms with Crippen LogP contribution in [0.5, 0.6) is 0 Å². The Kier molecular flexibility index (Phi) is 3.31. The number of rotatable bonds is 3. The molecule has 24 heavy (non-hydrogen) atoms. The molecule has 0 unspecified atom stereocenters. The SMILES string of the molecule is c1csc(-c2nc3nc4ccccc4nc3n2C[C@@H]2CCCO2)c1. The van der Waals surface area contributed by atoms with Crippen molar-refractivity contribution in [2.24, 2.45) is 0 Å². The molecule has 0 aliphatic carbocycles. The molecule has 4 heterocycles. The maximum atomic E-state index is 5.84. The monoisotopic (exact) mass is 336 g/mol. The number of ether oxygens (including phenoxy) is 1. The van der Waals surface area contributed by atoms with Crippen molar-refractivity contribution in [2.45, 2.75) is 25.5 Å². The highest BCUT2D eigenvalue weighted by molar-refractivity contribution is 7.13. The average Bonchev–Trinajstić information content (AvgIpc) is 3.35. The second-order valence-electron chi connectivity index (χ2n) is 6.02. The van der Waals surface area contributed by atoms with Crippen molar-refractivity contribution < 1.29 is 4.74 Å². The van der Waals surface area contributed by atoms with E-state index < -0.39 is 0 Å². The lowest BCUT2D eigenvalue weighted by atomic mass is 10.2. The van der Waals surface area contributed by atoms with Crippen LogP contribution in [-0.2, 0) is 11.3 Å². The number of aromatic nitrogens is 4. The third-order valence-corrected chi connectivity index (χ3v) is 5.28. The molecule has 1 saturated heterocycles. The van der Waals surface area contributed by atoms with Gasteiger partial charge in [-0.25, -0.2) is 15.0 Å². The van der Waals surface area contributed by atoms with E-state index in [0.717, 1.165) is 53.4 Å². The zero-order valence-electron chi connectivity index (χ0n) is 13.1. The highest BCUT2D eigenvalue weighted by Gasteiger charge is 2.22. The van der Waals surface area contributed by atoms with Crippen LogP contribution in [0.1, 0.15) is 12.8 Å². The van der Waals surface area contributed by atoms with Crippen LogP contribution in [0.25, 0.3) is 33.0 Å². The fourth-order valence-electron chi connectivity index (χ4n) is 3.26. The minimum atomic E-state index is 0.231. The lowest BCUT2D eigenvalue weighted by molar-refractivity contribution is 0.0981. The molecule has 5 nitrogen and oxygen atoms in total. The first-order chi connectivity index (χ1) is 11.9. The van der Waals surface area contributed by atoms with Crippen LogP contribution >= 0.6 is 11.3 Å². The van der Waals surface area contributed by atoms with Crippen LogP contribution in [-0.4, -0.2) is 32.2 Å². The van der Waals surface area contributed by atoms with Gasteiger partial charge in [0, 0.05) is 6.61 Å². The van der Waals surface area contributed by atoms with Gasteiger partial charge in [0.2, 0.25) is 0 Å². The Morgan fingerprint density at radius 2 is 1.96 bits per heavy atom. The highest BCUT2D eigenvalue weighted by atomic mass is 32.1. The Balaban J connectivity index is 1.74. The topological polar surface area (TPSA) is 52.8 Å². The molecule has 0 amide bonds. The van der Waals surface area contributed by atoms with Crippen LogP contribution in [0.15, 0.2) is 41.8 Å². The van der Waals surface area contributed by atoms with Gasteiger partial charge in [-0.1, -0.05) is 18.2 Å². The Morgan fingerprint density at radius 3 is 2.71 bits per heavy atom. The Labute approximate surface area is 143 Å². The second kappa shape index (κ2) is 5.65. The van der Waals surface area contributed by atoms with Gasteiger partial charge in [-0.2, -0.15) is 0 Å². The molecule has 1 aliphatic rings. The Hall–Kier alpha value is -2.31. The summed E-state index contributed by atoms with van der Waals surface area (Å²) in [4.78, 5) is 15.5. The summed E-state index contributed by atoms with van der Waals surface area (Å²) in [5.41, 5.74) is 3.32. The Bertz CT molecular complexity index is 1000. The van der Waals surface area contributed by atoms with Crippen LogP contribution in [0, 0.1) is 0 Å². The molecular formula is C18H16N4OS. The summed E-state index contributed by atoms with van der Waals surface area (Å²) in [5, 5.41) is 2.07.